The van der Waals surface area contributed by atoms with Crippen LogP contribution in [0.5, 0.6) is 0 Å². The molecule has 2 saturated heterocycles. The molecule has 3 aromatic carbocycles. The van der Waals surface area contributed by atoms with Crippen molar-refractivity contribution in [2.24, 2.45) is 11.8 Å². The van der Waals surface area contributed by atoms with Crippen LogP contribution < -0.4 is 0 Å². The van der Waals surface area contributed by atoms with Gasteiger partial charge in [0.2, 0.25) is 0 Å². The van der Waals surface area contributed by atoms with E-state index in [1.165, 1.54) is 36.1 Å². The Kier molecular flexibility index (Phi) is 7.42. The predicted molar refractivity (Wildman–Crippen MR) is 141 cm³/mol. The summed E-state index contributed by atoms with van der Waals surface area (Å²) in [6, 6.07) is 27.3. The lowest BCUT2D eigenvalue weighted by molar-refractivity contribution is -0.384. The fourth-order valence-electron chi connectivity index (χ4n) is 5.86. The molecule has 0 aliphatic carbocycles. The van der Waals surface area contributed by atoms with E-state index in [9.17, 15) is 14.9 Å². The Morgan fingerprint density at radius 3 is 2.14 bits per heavy atom. The number of likely N-dealkylation sites (tertiary alicyclic amines) is 2. The molecule has 2 fully saturated rings. The van der Waals surface area contributed by atoms with Gasteiger partial charge in [0.05, 0.1) is 4.92 Å². The van der Waals surface area contributed by atoms with E-state index in [0.717, 1.165) is 32.0 Å². The van der Waals surface area contributed by atoms with Crippen molar-refractivity contribution >= 4 is 11.6 Å². The highest BCUT2D eigenvalue weighted by Gasteiger charge is 2.37. The normalized spacial score (nSPS) is 20.9. The van der Waals surface area contributed by atoms with Crippen LogP contribution in [0.25, 0.3) is 0 Å². The summed E-state index contributed by atoms with van der Waals surface area (Å²) in [7, 11) is 0. The minimum absolute atomic E-state index is 0.00341. The molecule has 0 aromatic heterocycles. The van der Waals surface area contributed by atoms with Crippen molar-refractivity contribution in [2.75, 3.05) is 32.7 Å². The molecular formula is C30H33N3O3. The molecule has 6 heteroatoms. The number of rotatable bonds is 7. The monoisotopic (exact) mass is 483 g/mol. The molecule has 6 nitrogen and oxygen atoms in total. The van der Waals surface area contributed by atoms with Crippen LogP contribution in [0.3, 0.4) is 0 Å². The number of carbonyl (C=O) groups excluding carboxylic acids is 1. The summed E-state index contributed by atoms with van der Waals surface area (Å²) >= 11 is 0. The fraction of sp³-hybridized carbons (Fsp3) is 0.367. The number of hydrogen-bond donors (Lipinski definition) is 0. The molecule has 0 unspecified atom stereocenters. The summed E-state index contributed by atoms with van der Waals surface area (Å²) in [4.78, 5) is 28.4. The van der Waals surface area contributed by atoms with E-state index in [4.69, 9.17) is 0 Å². The average Bonchev–Trinajstić information content (AvgIpc) is 3.34. The van der Waals surface area contributed by atoms with Gasteiger partial charge < -0.3 is 9.80 Å². The number of non-ortho nitro benzene ring substituents is 1. The number of nitro groups is 1. The summed E-state index contributed by atoms with van der Waals surface area (Å²) in [6.45, 7) is 4.58. The minimum Gasteiger partial charge on any atom is -0.338 e. The topological polar surface area (TPSA) is 66.7 Å². The number of nitrogens with zero attached hydrogens (tertiary/aromatic N) is 3. The Bertz CT molecular complexity index is 1160. The molecule has 3 aromatic rings. The maximum Gasteiger partial charge on any atom is 0.269 e. The molecule has 1 amide bonds. The van der Waals surface area contributed by atoms with Gasteiger partial charge in [-0.2, -0.15) is 0 Å². The van der Waals surface area contributed by atoms with Crippen molar-refractivity contribution in [2.45, 2.75) is 25.2 Å². The van der Waals surface area contributed by atoms with Crippen molar-refractivity contribution < 1.29 is 9.72 Å². The Labute approximate surface area is 212 Å². The lowest BCUT2D eigenvalue weighted by Crippen LogP contribution is -2.39. The second kappa shape index (κ2) is 11.0. The molecule has 186 valence electrons. The molecule has 0 saturated carbocycles. The van der Waals surface area contributed by atoms with Gasteiger partial charge >= 0.3 is 0 Å². The van der Waals surface area contributed by atoms with E-state index in [2.05, 4.69) is 59.5 Å². The molecule has 36 heavy (non-hydrogen) atoms. The van der Waals surface area contributed by atoms with Crippen LogP contribution in [0.4, 0.5) is 5.69 Å². The second-order valence-electron chi connectivity index (χ2n) is 10.2. The van der Waals surface area contributed by atoms with E-state index < -0.39 is 4.92 Å². The van der Waals surface area contributed by atoms with Crippen LogP contribution >= 0.6 is 0 Å². The summed E-state index contributed by atoms with van der Waals surface area (Å²) < 4.78 is 0. The molecule has 0 spiro atoms. The Balaban J connectivity index is 1.24. The van der Waals surface area contributed by atoms with Gasteiger partial charge in [-0.25, -0.2) is 0 Å². The quantitative estimate of drug-likeness (QED) is 0.333. The number of carbonyl (C=O) groups is 1. The zero-order chi connectivity index (χ0) is 24.9. The van der Waals surface area contributed by atoms with Gasteiger partial charge in [-0.05, 0) is 67.4 Å². The Morgan fingerprint density at radius 2 is 1.50 bits per heavy atom. The molecule has 0 bridgehead atoms. The molecule has 0 radical (unpaired) electrons. The number of piperidine rings is 1. The van der Waals surface area contributed by atoms with Gasteiger partial charge in [0.15, 0.2) is 0 Å². The van der Waals surface area contributed by atoms with Crippen LogP contribution in [0.1, 0.15) is 40.2 Å². The number of hydrogen-bond acceptors (Lipinski definition) is 4. The fourth-order valence-corrected chi connectivity index (χ4v) is 5.86. The zero-order valence-electron chi connectivity index (χ0n) is 20.5. The third-order valence-electron chi connectivity index (χ3n) is 7.85. The number of nitro benzene ring substituents is 1. The van der Waals surface area contributed by atoms with Crippen molar-refractivity contribution in [1.29, 1.82) is 0 Å². The SMILES string of the molecule is O=C(c1ccc([N+](=O)[O-])cc1)N1C[C@@H](CN2CCC(Cc3ccccc3)CC2)[C@H](c2ccccc2)C1. The third kappa shape index (κ3) is 5.65. The third-order valence-corrected chi connectivity index (χ3v) is 7.85. The number of amides is 1. The Morgan fingerprint density at radius 1 is 0.861 bits per heavy atom. The predicted octanol–water partition coefficient (Wildman–Crippen LogP) is 5.41. The Hall–Kier alpha value is -3.51. The van der Waals surface area contributed by atoms with Crippen molar-refractivity contribution in [1.82, 2.24) is 9.80 Å². The van der Waals surface area contributed by atoms with E-state index in [0.29, 0.717) is 24.6 Å². The van der Waals surface area contributed by atoms with Crippen LogP contribution in [0.2, 0.25) is 0 Å². The second-order valence-corrected chi connectivity index (χ2v) is 10.2. The molecule has 5 rings (SSSR count). The maximum absolute atomic E-state index is 13.3. The van der Waals surface area contributed by atoms with Gasteiger partial charge in [-0.15, -0.1) is 0 Å². The summed E-state index contributed by atoms with van der Waals surface area (Å²) in [5.41, 5.74) is 3.22. The highest BCUT2D eigenvalue weighted by Crippen LogP contribution is 2.35. The van der Waals surface area contributed by atoms with Crippen LogP contribution in [0.15, 0.2) is 84.9 Å². The highest BCUT2D eigenvalue weighted by atomic mass is 16.6. The molecule has 2 aliphatic heterocycles. The van der Waals surface area contributed by atoms with Gasteiger partial charge in [0.25, 0.3) is 11.6 Å². The van der Waals surface area contributed by atoms with Crippen molar-refractivity contribution in [3.05, 3.63) is 112 Å². The lowest BCUT2D eigenvalue weighted by atomic mass is 9.86. The maximum atomic E-state index is 13.3. The van der Waals surface area contributed by atoms with Gasteiger partial charge in [0.1, 0.15) is 0 Å². The summed E-state index contributed by atoms with van der Waals surface area (Å²) in [6.07, 6.45) is 3.58. The first-order valence-electron chi connectivity index (χ1n) is 12.9. The molecule has 2 aliphatic rings. The highest BCUT2D eigenvalue weighted by molar-refractivity contribution is 5.94. The largest absolute Gasteiger partial charge is 0.338 e. The van der Waals surface area contributed by atoms with E-state index in [-0.39, 0.29) is 17.5 Å². The van der Waals surface area contributed by atoms with Crippen molar-refractivity contribution in [3.63, 3.8) is 0 Å². The van der Waals surface area contributed by atoms with Gasteiger partial charge in [-0.1, -0.05) is 60.7 Å². The first kappa shape index (κ1) is 24.2. The standard InChI is InChI=1S/C30H33N3O3/c34-30(26-11-13-28(14-12-26)33(35)36)32-21-27(29(22-32)25-9-5-2-6-10-25)20-31-17-15-24(16-18-31)19-23-7-3-1-4-8-23/h1-14,24,27,29H,15-22H2/t27-,29+/m1/s1. The first-order valence-corrected chi connectivity index (χ1v) is 12.9. The van der Waals surface area contributed by atoms with Crippen molar-refractivity contribution in [3.8, 4) is 0 Å². The minimum atomic E-state index is -0.436. The van der Waals surface area contributed by atoms with Crippen LogP contribution in [-0.2, 0) is 6.42 Å². The van der Waals surface area contributed by atoms with Gasteiger partial charge in [0, 0.05) is 43.2 Å². The first-order chi connectivity index (χ1) is 17.6. The summed E-state index contributed by atoms with van der Waals surface area (Å²) in [5.74, 6) is 1.34. The lowest BCUT2D eigenvalue weighted by Gasteiger charge is -2.34. The van der Waals surface area contributed by atoms with E-state index in [1.54, 1.807) is 12.1 Å². The van der Waals surface area contributed by atoms with E-state index in [1.807, 2.05) is 11.0 Å². The molecule has 2 heterocycles. The van der Waals surface area contributed by atoms with Gasteiger partial charge in [-0.3, -0.25) is 14.9 Å². The van der Waals surface area contributed by atoms with E-state index >= 15 is 0 Å². The smallest absolute Gasteiger partial charge is 0.269 e. The van der Waals surface area contributed by atoms with Crippen LogP contribution in [0, 0.1) is 22.0 Å². The molecule has 0 N–H and O–H groups in total. The average molecular weight is 484 g/mol. The molecule has 2 atom stereocenters. The zero-order valence-corrected chi connectivity index (χ0v) is 20.5. The summed E-state index contributed by atoms with van der Waals surface area (Å²) in [5, 5.41) is 11.0. The molecular weight excluding hydrogens is 450 g/mol. The van der Waals surface area contributed by atoms with Crippen LogP contribution in [-0.4, -0.2) is 53.4 Å². The number of benzene rings is 3.